The molecule has 3 atom stereocenters. The third-order valence-corrected chi connectivity index (χ3v) is 4.44. The predicted molar refractivity (Wildman–Crippen MR) is 67.8 cm³/mol. The molecule has 96 valence electrons. The van der Waals surface area contributed by atoms with Crippen molar-refractivity contribution in [1.29, 1.82) is 0 Å². The quantitative estimate of drug-likeness (QED) is 0.551. The third-order valence-electron chi connectivity index (χ3n) is 4.44. The number of rotatable bonds is 6. The highest BCUT2D eigenvalue weighted by atomic mass is 16.4. The van der Waals surface area contributed by atoms with Crippen molar-refractivity contribution < 1.29 is 9.90 Å². The van der Waals surface area contributed by atoms with Crippen LogP contribution >= 0.6 is 0 Å². The molecule has 0 heterocycles. The van der Waals surface area contributed by atoms with Crippen LogP contribution in [0.4, 0.5) is 0 Å². The van der Waals surface area contributed by atoms with Crippen LogP contribution in [-0.2, 0) is 4.79 Å². The SMILES string of the molecule is CCC(=CCNCC1CC2CCC1C2)C(=O)O. The molecule has 2 bridgehead atoms. The predicted octanol–water partition coefficient (Wildman–Crippen LogP) is 2.43. The molecule has 0 aromatic heterocycles. The maximum atomic E-state index is 10.8. The van der Waals surface area contributed by atoms with E-state index in [0.717, 1.165) is 24.3 Å². The highest BCUT2D eigenvalue weighted by Gasteiger charge is 2.38. The zero-order valence-corrected chi connectivity index (χ0v) is 10.6. The fraction of sp³-hybridized carbons (Fsp3) is 0.786. The minimum Gasteiger partial charge on any atom is -0.478 e. The molecule has 2 fully saturated rings. The maximum Gasteiger partial charge on any atom is 0.331 e. The lowest BCUT2D eigenvalue weighted by Gasteiger charge is -2.21. The molecule has 0 spiro atoms. The molecular formula is C14H23NO2. The van der Waals surface area contributed by atoms with Crippen LogP contribution in [0.1, 0.15) is 39.0 Å². The van der Waals surface area contributed by atoms with E-state index in [1.54, 1.807) is 0 Å². The second-order valence-corrected chi connectivity index (χ2v) is 5.48. The van der Waals surface area contributed by atoms with Crippen molar-refractivity contribution in [2.45, 2.75) is 39.0 Å². The van der Waals surface area contributed by atoms with Crippen LogP contribution in [0.3, 0.4) is 0 Å². The van der Waals surface area contributed by atoms with E-state index in [-0.39, 0.29) is 0 Å². The van der Waals surface area contributed by atoms with Gasteiger partial charge in [-0.1, -0.05) is 19.4 Å². The van der Waals surface area contributed by atoms with E-state index in [0.29, 0.717) is 18.5 Å². The highest BCUT2D eigenvalue weighted by Crippen LogP contribution is 2.47. The van der Waals surface area contributed by atoms with E-state index in [1.807, 2.05) is 13.0 Å². The fourth-order valence-electron chi connectivity index (χ4n) is 3.47. The van der Waals surface area contributed by atoms with Gasteiger partial charge in [-0.3, -0.25) is 0 Å². The Morgan fingerprint density at radius 1 is 1.41 bits per heavy atom. The summed E-state index contributed by atoms with van der Waals surface area (Å²) >= 11 is 0. The fourth-order valence-corrected chi connectivity index (χ4v) is 3.47. The number of carboxylic acids is 1. The van der Waals surface area contributed by atoms with Crippen LogP contribution in [0.5, 0.6) is 0 Å². The van der Waals surface area contributed by atoms with Gasteiger partial charge < -0.3 is 10.4 Å². The van der Waals surface area contributed by atoms with Crippen molar-refractivity contribution in [2.24, 2.45) is 17.8 Å². The number of aliphatic carboxylic acids is 1. The van der Waals surface area contributed by atoms with E-state index in [2.05, 4.69) is 5.32 Å². The topological polar surface area (TPSA) is 49.3 Å². The zero-order valence-electron chi connectivity index (χ0n) is 10.6. The van der Waals surface area contributed by atoms with Crippen LogP contribution in [-0.4, -0.2) is 24.2 Å². The average Bonchev–Trinajstić information content (AvgIpc) is 2.90. The summed E-state index contributed by atoms with van der Waals surface area (Å²) in [4.78, 5) is 10.8. The lowest BCUT2D eigenvalue weighted by Crippen LogP contribution is -2.26. The zero-order chi connectivity index (χ0) is 12.3. The Balaban J connectivity index is 1.68. The molecule has 2 N–H and O–H groups in total. The summed E-state index contributed by atoms with van der Waals surface area (Å²) in [5, 5.41) is 12.3. The van der Waals surface area contributed by atoms with E-state index in [9.17, 15) is 4.79 Å². The van der Waals surface area contributed by atoms with Gasteiger partial charge in [0.25, 0.3) is 0 Å². The molecule has 2 aliphatic carbocycles. The Morgan fingerprint density at radius 2 is 2.24 bits per heavy atom. The summed E-state index contributed by atoms with van der Waals surface area (Å²) in [6.07, 6.45) is 8.11. The monoisotopic (exact) mass is 237 g/mol. The Morgan fingerprint density at radius 3 is 2.76 bits per heavy atom. The summed E-state index contributed by atoms with van der Waals surface area (Å²) < 4.78 is 0. The molecule has 3 unspecified atom stereocenters. The first-order valence-corrected chi connectivity index (χ1v) is 6.83. The Kier molecular flexibility index (Phi) is 4.21. The molecule has 2 saturated carbocycles. The molecule has 0 amide bonds. The number of carboxylic acid groups (broad SMARTS) is 1. The van der Waals surface area contributed by atoms with Gasteiger partial charge in [0.05, 0.1) is 0 Å². The van der Waals surface area contributed by atoms with Crippen LogP contribution < -0.4 is 5.32 Å². The van der Waals surface area contributed by atoms with E-state index in [4.69, 9.17) is 5.11 Å². The van der Waals surface area contributed by atoms with E-state index in [1.165, 1.54) is 25.7 Å². The number of fused-ring (bicyclic) bond motifs is 2. The number of nitrogens with one attached hydrogen (secondary N) is 1. The number of hydrogen-bond acceptors (Lipinski definition) is 2. The summed E-state index contributed by atoms with van der Waals surface area (Å²) in [6.45, 7) is 3.65. The standard InChI is InChI=1S/C14H23NO2/c1-2-11(14(16)17)5-6-15-9-13-8-10-3-4-12(13)7-10/h5,10,12-13,15H,2-4,6-9H2,1H3,(H,16,17). The molecular weight excluding hydrogens is 214 g/mol. The van der Waals surface area contributed by atoms with Gasteiger partial charge >= 0.3 is 5.97 Å². The molecule has 3 heteroatoms. The molecule has 0 saturated heterocycles. The second kappa shape index (κ2) is 5.67. The molecule has 0 aromatic carbocycles. The summed E-state index contributed by atoms with van der Waals surface area (Å²) in [5.74, 6) is 2.00. The van der Waals surface area contributed by atoms with Crippen molar-refractivity contribution in [1.82, 2.24) is 5.32 Å². The van der Waals surface area contributed by atoms with Gasteiger partial charge in [-0.2, -0.15) is 0 Å². The highest BCUT2D eigenvalue weighted by molar-refractivity contribution is 5.86. The van der Waals surface area contributed by atoms with Gasteiger partial charge in [-0.05, 0) is 50.0 Å². The maximum absolute atomic E-state index is 10.8. The van der Waals surface area contributed by atoms with Crippen LogP contribution in [0.25, 0.3) is 0 Å². The minimum atomic E-state index is -0.783. The van der Waals surface area contributed by atoms with Crippen molar-refractivity contribution in [2.75, 3.05) is 13.1 Å². The molecule has 0 aromatic rings. The average molecular weight is 237 g/mol. The Bertz CT molecular complexity index is 311. The molecule has 0 radical (unpaired) electrons. The van der Waals surface area contributed by atoms with Crippen LogP contribution in [0.15, 0.2) is 11.6 Å². The van der Waals surface area contributed by atoms with Crippen molar-refractivity contribution in [3.05, 3.63) is 11.6 Å². The van der Waals surface area contributed by atoms with E-state index < -0.39 is 5.97 Å². The Labute approximate surface area is 103 Å². The molecule has 2 rings (SSSR count). The summed E-state index contributed by atoms with van der Waals surface area (Å²) in [5.41, 5.74) is 0.519. The number of hydrogen-bond donors (Lipinski definition) is 2. The van der Waals surface area contributed by atoms with Crippen molar-refractivity contribution in [3.63, 3.8) is 0 Å². The molecule has 3 nitrogen and oxygen atoms in total. The smallest absolute Gasteiger partial charge is 0.331 e. The first-order valence-electron chi connectivity index (χ1n) is 6.83. The van der Waals surface area contributed by atoms with Gasteiger partial charge in [-0.15, -0.1) is 0 Å². The van der Waals surface area contributed by atoms with Gasteiger partial charge in [0.2, 0.25) is 0 Å². The lowest BCUT2D eigenvalue weighted by atomic mass is 9.89. The minimum absolute atomic E-state index is 0.519. The summed E-state index contributed by atoms with van der Waals surface area (Å²) in [6, 6.07) is 0. The van der Waals surface area contributed by atoms with Crippen molar-refractivity contribution >= 4 is 5.97 Å². The summed E-state index contributed by atoms with van der Waals surface area (Å²) in [7, 11) is 0. The molecule has 2 aliphatic rings. The normalized spacial score (nSPS) is 32.1. The van der Waals surface area contributed by atoms with Gasteiger partial charge in [0, 0.05) is 12.1 Å². The third kappa shape index (κ3) is 3.09. The second-order valence-electron chi connectivity index (χ2n) is 5.48. The van der Waals surface area contributed by atoms with Gasteiger partial charge in [0.1, 0.15) is 0 Å². The molecule has 17 heavy (non-hydrogen) atoms. The van der Waals surface area contributed by atoms with Crippen molar-refractivity contribution in [3.8, 4) is 0 Å². The lowest BCUT2D eigenvalue weighted by molar-refractivity contribution is -0.132. The van der Waals surface area contributed by atoms with E-state index >= 15 is 0 Å². The van der Waals surface area contributed by atoms with Crippen LogP contribution in [0.2, 0.25) is 0 Å². The number of carbonyl (C=O) groups is 1. The van der Waals surface area contributed by atoms with Gasteiger partial charge in [0.15, 0.2) is 0 Å². The Hall–Kier alpha value is -0.830. The first kappa shape index (κ1) is 12.6. The largest absolute Gasteiger partial charge is 0.478 e. The van der Waals surface area contributed by atoms with Gasteiger partial charge in [-0.25, -0.2) is 4.79 Å². The first-order chi connectivity index (χ1) is 8.20. The molecule has 0 aliphatic heterocycles. The van der Waals surface area contributed by atoms with Crippen LogP contribution in [0, 0.1) is 17.8 Å².